The second-order valence-electron chi connectivity index (χ2n) is 7.34. The van der Waals surface area contributed by atoms with Crippen LogP contribution in [0.2, 0.25) is 0 Å². The van der Waals surface area contributed by atoms with Gasteiger partial charge in [-0.25, -0.2) is 4.98 Å². The minimum Gasteiger partial charge on any atom is -0.508 e. The lowest BCUT2D eigenvalue weighted by Gasteiger charge is -2.26. The maximum absolute atomic E-state index is 13.4. The number of thiazole rings is 1. The Morgan fingerprint density at radius 3 is 2.65 bits per heavy atom. The molecule has 0 saturated carbocycles. The predicted molar refractivity (Wildman–Crippen MR) is 126 cm³/mol. The van der Waals surface area contributed by atoms with E-state index in [0.29, 0.717) is 31.3 Å². The highest BCUT2D eigenvalue weighted by atomic mass is 79.9. The van der Waals surface area contributed by atoms with E-state index in [4.69, 9.17) is 4.74 Å². The Hall–Kier alpha value is -2.42. The van der Waals surface area contributed by atoms with Crippen molar-refractivity contribution in [3.05, 3.63) is 74.5 Å². The molecule has 1 aliphatic heterocycles. The number of aromatic hydroxyl groups is 1. The average Bonchev–Trinajstić information content (AvgIpc) is 3.29. The molecule has 0 radical (unpaired) electrons. The highest BCUT2D eigenvalue weighted by Crippen LogP contribution is 2.23. The fraction of sp³-hybridized carbons (Fsp3) is 0.304. The molecule has 4 rings (SSSR count). The molecular weight excluding hydrogens is 478 g/mol. The summed E-state index contributed by atoms with van der Waals surface area (Å²) in [7, 11) is 0. The second-order valence-corrected chi connectivity index (χ2v) is 9.06. The van der Waals surface area contributed by atoms with Gasteiger partial charge in [-0.15, -0.1) is 11.3 Å². The Bertz CT molecular complexity index is 1020. The first-order valence-corrected chi connectivity index (χ1v) is 11.9. The van der Waals surface area contributed by atoms with Gasteiger partial charge in [0, 0.05) is 36.0 Å². The Morgan fingerprint density at radius 2 is 1.90 bits per heavy atom. The van der Waals surface area contributed by atoms with Gasteiger partial charge in [0.05, 0.1) is 13.2 Å². The van der Waals surface area contributed by atoms with Crippen LogP contribution in [0.1, 0.15) is 20.9 Å². The van der Waals surface area contributed by atoms with Gasteiger partial charge in [-0.3, -0.25) is 4.79 Å². The molecule has 0 aliphatic carbocycles. The van der Waals surface area contributed by atoms with Crippen molar-refractivity contribution in [1.82, 2.24) is 9.88 Å². The number of morpholine rings is 1. The van der Waals surface area contributed by atoms with Crippen LogP contribution >= 0.6 is 27.3 Å². The number of halogens is 1. The summed E-state index contributed by atoms with van der Waals surface area (Å²) in [6.45, 7) is 3.96. The molecule has 1 saturated heterocycles. The van der Waals surface area contributed by atoms with Crippen molar-refractivity contribution in [1.29, 1.82) is 0 Å². The van der Waals surface area contributed by atoms with Gasteiger partial charge in [-0.2, -0.15) is 0 Å². The number of benzene rings is 2. The van der Waals surface area contributed by atoms with Gasteiger partial charge in [0.1, 0.15) is 11.6 Å². The zero-order valence-electron chi connectivity index (χ0n) is 17.0. The molecule has 1 aromatic heterocycles. The van der Waals surface area contributed by atoms with Crippen LogP contribution in [0.25, 0.3) is 0 Å². The standard InChI is InChI=1S/C23H24BrN3O3S/c24-20-4-2-1-3-18(20)9-10-27(15-17-5-7-19(28)8-6-17)23(29)22-25-21(16-31-22)26-11-13-30-14-12-26/h1-8,16,28H,9-15H2. The van der Waals surface area contributed by atoms with Crippen molar-refractivity contribution in [2.45, 2.75) is 13.0 Å². The molecule has 1 fully saturated rings. The van der Waals surface area contributed by atoms with E-state index in [-0.39, 0.29) is 11.7 Å². The van der Waals surface area contributed by atoms with E-state index >= 15 is 0 Å². The topological polar surface area (TPSA) is 65.9 Å². The van der Waals surface area contributed by atoms with Crippen molar-refractivity contribution in [3.8, 4) is 5.75 Å². The van der Waals surface area contributed by atoms with Gasteiger partial charge in [0.25, 0.3) is 5.91 Å². The molecule has 3 aromatic rings. The number of anilines is 1. The number of ether oxygens (including phenoxy) is 1. The van der Waals surface area contributed by atoms with Crippen molar-refractivity contribution in [2.75, 3.05) is 37.7 Å². The molecule has 0 atom stereocenters. The minimum atomic E-state index is -0.0790. The largest absolute Gasteiger partial charge is 0.508 e. The summed E-state index contributed by atoms with van der Waals surface area (Å²) in [5, 5.41) is 12.0. The summed E-state index contributed by atoms with van der Waals surface area (Å²) < 4.78 is 6.45. The number of phenolic OH excluding ortho intramolecular Hbond substituents is 1. The number of hydrogen-bond acceptors (Lipinski definition) is 6. The first-order chi connectivity index (χ1) is 15.1. The number of nitrogens with zero attached hydrogens (tertiary/aromatic N) is 3. The lowest BCUT2D eigenvalue weighted by Crippen LogP contribution is -2.36. The maximum atomic E-state index is 13.4. The molecule has 1 aliphatic rings. The van der Waals surface area contributed by atoms with Crippen LogP contribution < -0.4 is 4.90 Å². The van der Waals surface area contributed by atoms with Gasteiger partial charge in [-0.05, 0) is 35.7 Å². The quantitative estimate of drug-likeness (QED) is 0.521. The number of aromatic nitrogens is 1. The molecular formula is C23H24BrN3O3S. The smallest absolute Gasteiger partial charge is 0.283 e. The van der Waals surface area contributed by atoms with Gasteiger partial charge >= 0.3 is 0 Å². The Kier molecular flexibility index (Phi) is 7.21. The van der Waals surface area contributed by atoms with Crippen LogP contribution in [0.5, 0.6) is 5.75 Å². The third-order valence-electron chi connectivity index (χ3n) is 5.22. The van der Waals surface area contributed by atoms with E-state index in [9.17, 15) is 9.90 Å². The maximum Gasteiger partial charge on any atom is 0.283 e. The normalized spacial score (nSPS) is 13.9. The molecule has 31 heavy (non-hydrogen) atoms. The van der Waals surface area contributed by atoms with Crippen molar-refractivity contribution < 1.29 is 14.6 Å². The van der Waals surface area contributed by atoms with E-state index in [1.807, 2.05) is 40.6 Å². The predicted octanol–water partition coefficient (Wildman–Crippen LogP) is 4.33. The van der Waals surface area contributed by atoms with Crippen molar-refractivity contribution >= 4 is 39.0 Å². The zero-order chi connectivity index (χ0) is 21.6. The summed E-state index contributed by atoms with van der Waals surface area (Å²) in [6.07, 6.45) is 0.729. The van der Waals surface area contributed by atoms with Crippen LogP contribution in [-0.2, 0) is 17.7 Å². The minimum absolute atomic E-state index is 0.0790. The SMILES string of the molecule is O=C(c1nc(N2CCOCC2)cs1)N(CCc1ccccc1Br)Cc1ccc(O)cc1. The van der Waals surface area contributed by atoms with E-state index in [2.05, 4.69) is 31.9 Å². The molecule has 0 bridgehead atoms. The van der Waals surface area contributed by atoms with E-state index in [0.717, 1.165) is 40.9 Å². The van der Waals surface area contributed by atoms with Gasteiger partial charge < -0.3 is 19.6 Å². The highest BCUT2D eigenvalue weighted by Gasteiger charge is 2.22. The first kappa shape index (κ1) is 21.8. The summed E-state index contributed by atoms with van der Waals surface area (Å²) in [5.74, 6) is 0.974. The number of carbonyl (C=O) groups is 1. The molecule has 162 valence electrons. The number of amides is 1. The van der Waals surface area contributed by atoms with Crippen molar-refractivity contribution in [2.24, 2.45) is 0 Å². The molecule has 2 heterocycles. The molecule has 6 nitrogen and oxygen atoms in total. The first-order valence-electron chi connectivity index (χ1n) is 10.2. The lowest BCUT2D eigenvalue weighted by atomic mass is 10.1. The third kappa shape index (κ3) is 5.64. The monoisotopic (exact) mass is 501 g/mol. The summed E-state index contributed by atoms with van der Waals surface area (Å²) >= 11 is 4.98. The number of phenols is 1. The fourth-order valence-electron chi connectivity index (χ4n) is 3.47. The highest BCUT2D eigenvalue weighted by molar-refractivity contribution is 9.10. The zero-order valence-corrected chi connectivity index (χ0v) is 19.4. The second kappa shape index (κ2) is 10.3. The summed E-state index contributed by atoms with van der Waals surface area (Å²) in [5.41, 5.74) is 2.11. The van der Waals surface area contributed by atoms with Gasteiger partial charge in [0.2, 0.25) is 0 Å². The number of rotatable bonds is 7. The van der Waals surface area contributed by atoms with Crippen LogP contribution in [0.3, 0.4) is 0 Å². The van der Waals surface area contributed by atoms with Gasteiger partial charge in [0.15, 0.2) is 5.01 Å². The molecule has 1 amide bonds. The van der Waals surface area contributed by atoms with Crippen LogP contribution in [0, 0.1) is 0 Å². The lowest BCUT2D eigenvalue weighted by molar-refractivity contribution is 0.0744. The molecule has 1 N–H and O–H groups in total. The fourth-order valence-corrected chi connectivity index (χ4v) is 4.75. The third-order valence-corrected chi connectivity index (χ3v) is 6.81. The van der Waals surface area contributed by atoms with Gasteiger partial charge in [-0.1, -0.05) is 46.3 Å². The number of hydrogen-bond donors (Lipinski definition) is 1. The molecule has 0 unspecified atom stereocenters. The molecule has 0 spiro atoms. The summed E-state index contributed by atoms with van der Waals surface area (Å²) in [6, 6.07) is 15.0. The van der Waals surface area contributed by atoms with Crippen LogP contribution in [0.15, 0.2) is 58.4 Å². The molecule has 8 heteroatoms. The Balaban J connectivity index is 1.52. The van der Waals surface area contributed by atoms with Crippen LogP contribution in [0.4, 0.5) is 5.82 Å². The molecule has 2 aromatic carbocycles. The number of carbonyl (C=O) groups excluding carboxylic acids is 1. The van der Waals surface area contributed by atoms with Crippen LogP contribution in [-0.4, -0.2) is 53.7 Å². The van der Waals surface area contributed by atoms with E-state index in [1.165, 1.54) is 11.3 Å². The summed E-state index contributed by atoms with van der Waals surface area (Å²) in [4.78, 5) is 22.0. The van der Waals surface area contributed by atoms with E-state index in [1.54, 1.807) is 12.1 Å². The van der Waals surface area contributed by atoms with E-state index < -0.39 is 0 Å². The Morgan fingerprint density at radius 1 is 1.16 bits per heavy atom. The average molecular weight is 502 g/mol. The Labute approximate surface area is 194 Å². The van der Waals surface area contributed by atoms with Crippen molar-refractivity contribution in [3.63, 3.8) is 0 Å².